The summed E-state index contributed by atoms with van der Waals surface area (Å²) in [7, 11) is 3.42. The fourth-order valence-corrected chi connectivity index (χ4v) is 3.65. The molecule has 5 nitrogen and oxygen atoms in total. The molecule has 0 radical (unpaired) electrons. The average Bonchev–Trinajstić information content (AvgIpc) is 2.47. The first-order valence-electron chi connectivity index (χ1n) is 7.87. The number of carbonyl (C=O) groups is 1. The Morgan fingerprint density at radius 1 is 1.23 bits per heavy atom. The third-order valence-corrected chi connectivity index (χ3v) is 6.05. The fourth-order valence-electron chi connectivity index (χ4n) is 3.65. The molecule has 1 saturated heterocycles. The van der Waals surface area contributed by atoms with Crippen LogP contribution < -0.4 is 10.6 Å². The summed E-state index contributed by atoms with van der Waals surface area (Å²) in [6, 6.07) is 0.165. The van der Waals surface area contributed by atoms with Crippen molar-refractivity contribution < 1.29 is 14.3 Å². The van der Waals surface area contributed by atoms with Crippen molar-refractivity contribution in [3.05, 3.63) is 0 Å². The second kappa shape index (κ2) is 7.04. The molecule has 1 saturated carbocycles. The Morgan fingerprint density at radius 2 is 1.82 bits per heavy atom. The van der Waals surface area contributed by atoms with Crippen molar-refractivity contribution in [2.75, 3.05) is 33.9 Å². The monoisotopic (exact) mass is 334 g/mol. The fraction of sp³-hybridized carbons (Fsp3) is 0.938. The third kappa shape index (κ3) is 3.14. The highest BCUT2D eigenvalue weighted by atomic mass is 35.5. The number of hydrogen-bond donors (Lipinski definition) is 2. The smallest absolute Gasteiger partial charge is 0.228 e. The van der Waals surface area contributed by atoms with Crippen LogP contribution in [0.4, 0.5) is 0 Å². The van der Waals surface area contributed by atoms with Crippen LogP contribution in [-0.2, 0) is 14.3 Å². The standard InChI is InChI=1S/C16H30N2O3.ClH/c1-14(2)12(10-15(14,3)21-5)18-13(19)16(11-20-4)6-8-17-9-7-16;/h12,17H,6-11H2,1-5H3,(H,18,19);1H. The van der Waals surface area contributed by atoms with E-state index in [0.29, 0.717) is 6.61 Å². The SMILES string of the molecule is COCC1(C(=O)NC2CC(C)(OC)C2(C)C)CCNCC1.Cl. The molecule has 1 aliphatic carbocycles. The lowest BCUT2D eigenvalue weighted by Crippen LogP contribution is -2.70. The number of piperidine rings is 1. The first-order valence-corrected chi connectivity index (χ1v) is 7.87. The summed E-state index contributed by atoms with van der Waals surface area (Å²) >= 11 is 0. The van der Waals surface area contributed by atoms with E-state index in [1.807, 2.05) is 0 Å². The molecule has 0 aromatic rings. The maximum atomic E-state index is 12.8. The van der Waals surface area contributed by atoms with Crippen LogP contribution in [-0.4, -0.2) is 51.5 Å². The van der Waals surface area contributed by atoms with E-state index < -0.39 is 0 Å². The lowest BCUT2D eigenvalue weighted by molar-refractivity contribution is -0.185. The maximum absolute atomic E-state index is 12.8. The second-order valence-corrected chi connectivity index (χ2v) is 7.35. The summed E-state index contributed by atoms with van der Waals surface area (Å²) in [5.41, 5.74) is -0.596. The van der Waals surface area contributed by atoms with Crippen LogP contribution in [0.1, 0.15) is 40.0 Å². The molecule has 130 valence electrons. The number of rotatable bonds is 5. The van der Waals surface area contributed by atoms with Crippen LogP contribution in [0.5, 0.6) is 0 Å². The number of carbonyl (C=O) groups excluding carboxylic acids is 1. The van der Waals surface area contributed by atoms with Gasteiger partial charge in [-0.15, -0.1) is 12.4 Å². The highest BCUT2D eigenvalue weighted by Gasteiger charge is 2.59. The van der Waals surface area contributed by atoms with Crippen molar-refractivity contribution >= 4 is 18.3 Å². The number of hydrogen-bond acceptors (Lipinski definition) is 4. The van der Waals surface area contributed by atoms with Gasteiger partial charge in [0.1, 0.15) is 0 Å². The third-order valence-electron chi connectivity index (χ3n) is 6.05. The zero-order valence-corrected chi connectivity index (χ0v) is 15.3. The Morgan fingerprint density at radius 3 is 2.27 bits per heavy atom. The van der Waals surface area contributed by atoms with Gasteiger partial charge in [0.05, 0.1) is 17.6 Å². The van der Waals surface area contributed by atoms with E-state index in [2.05, 4.69) is 31.4 Å². The van der Waals surface area contributed by atoms with E-state index in [0.717, 1.165) is 32.4 Å². The van der Waals surface area contributed by atoms with Crippen molar-refractivity contribution in [1.29, 1.82) is 0 Å². The first kappa shape index (κ1) is 19.7. The highest BCUT2D eigenvalue weighted by Crippen LogP contribution is 2.51. The van der Waals surface area contributed by atoms with E-state index in [1.54, 1.807) is 14.2 Å². The molecule has 0 bridgehead atoms. The number of amides is 1. The van der Waals surface area contributed by atoms with Crippen LogP contribution in [0.15, 0.2) is 0 Å². The van der Waals surface area contributed by atoms with Crippen LogP contribution >= 0.6 is 12.4 Å². The average molecular weight is 335 g/mol. The molecular formula is C16H31ClN2O3. The lowest BCUT2D eigenvalue weighted by Gasteiger charge is -2.59. The van der Waals surface area contributed by atoms with E-state index in [9.17, 15) is 4.79 Å². The Bertz CT molecular complexity index is 391. The van der Waals surface area contributed by atoms with Gasteiger partial charge in [-0.1, -0.05) is 13.8 Å². The van der Waals surface area contributed by atoms with Gasteiger partial charge in [-0.05, 0) is 39.3 Å². The normalized spacial score (nSPS) is 32.5. The molecule has 2 aliphatic rings. The van der Waals surface area contributed by atoms with Crippen LogP contribution in [0.2, 0.25) is 0 Å². The minimum absolute atomic E-state index is 0. The molecule has 2 N–H and O–H groups in total. The van der Waals surface area contributed by atoms with Crippen LogP contribution in [0.3, 0.4) is 0 Å². The first-order chi connectivity index (χ1) is 9.81. The summed E-state index contributed by atoms with van der Waals surface area (Å²) in [6.45, 7) is 8.69. The van der Waals surface area contributed by atoms with E-state index >= 15 is 0 Å². The molecule has 6 heteroatoms. The van der Waals surface area contributed by atoms with Gasteiger partial charge in [-0.3, -0.25) is 4.79 Å². The lowest BCUT2D eigenvalue weighted by atomic mass is 9.55. The minimum Gasteiger partial charge on any atom is -0.384 e. The summed E-state index contributed by atoms with van der Waals surface area (Å²) in [6.07, 6.45) is 2.53. The summed E-state index contributed by atoms with van der Waals surface area (Å²) in [4.78, 5) is 12.8. The molecule has 2 atom stereocenters. The van der Waals surface area contributed by atoms with E-state index in [1.165, 1.54) is 0 Å². The highest BCUT2D eigenvalue weighted by molar-refractivity contribution is 5.85. The molecule has 22 heavy (non-hydrogen) atoms. The van der Waals surface area contributed by atoms with Crippen molar-refractivity contribution in [2.24, 2.45) is 10.8 Å². The van der Waals surface area contributed by atoms with Gasteiger partial charge in [0.2, 0.25) is 5.91 Å². The predicted molar refractivity (Wildman–Crippen MR) is 89.4 cm³/mol. The second-order valence-electron chi connectivity index (χ2n) is 7.35. The van der Waals surface area contributed by atoms with Gasteiger partial charge in [0.15, 0.2) is 0 Å². The van der Waals surface area contributed by atoms with Crippen molar-refractivity contribution in [1.82, 2.24) is 10.6 Å². The molecule has 2 fully saturated rings. The molecule has 2 rings (SSSR count). The van der Waals surface area contributed by atoms with Crippen LogP contribution in [0.25, 0.3) is 0 Å². The number of ether oxygens (including phenoxy) is 2. The number of methoxy groups -OCH3 is 2. The Labute approximate surface area is 140 Å². The summed E-state index contributed by atoms with van der Waals surface area (Å²) in [5.74, 6) is 0.141. The summed E-state index contributed by atoms with van der Waals surface area (Å²) in [5, 5.41) is 6.58. The number of nitrogens with one attached hydrogen (secondary N) is 2. The summed E-state index contributed by atoms with van der Waals surface area (Å²) < 4.78 is 11.0. The van der Waals surface area contributed by atoms with Gasteiger partial charge in [0, 0.05) is 25.7 Å². The zero-order chi connectivity index (χ0) is 15.7. The Hall–Kier alpha value is -0.360. The van der Waals surface area contributed by atoms with Crippen molar-refractivity contribution in [2.45, 2.75) is 51.7 Å². The predicted octanol–water partition coefficient (Wildman–Crippen LogP) is 1.74. The quantitative estimate of drug-likeness (QED) is 0.804. The Kier molecular flexibility index (Phi) is 6.30. The van der Waals surface area contributed by atoms with E-state index in [-0.39, 0.29) is 40.8 Å². The van der Waals surface area contributed by atoms with Gasteiger partial charge in [0.25, 0.3) is 0 Å². The van der Waals surface area contributed by atoms with Gasteiger partial charge < -0.3 is 20.1 Å². The number of halogens is 1. The molecule has 0 aromatic carbocycles. The molecule has 1 amide bonds. The Balaban J connectivity index is 0.00000242. The van der Waals surface area contributed by atoms with Crippen LogP contribution in [0, 0.1) is 10.8 Å². The minimum atomic E-state index is -0.380. The molecule has 0 spiro atoms. The molecule has 0 aromatic heterocycles. The maximum Gasteiger partial charge on any atom is 0.228 e. The van der Waals surface area contributed by atoms with Crippen molar-refractivity contribution in [3.63, 3.8) is 0 Å². The topological polar surface area (TPSA) is 59.6 Å². The van der Waals surface area contributed by atoms with Crippen molar-refractivity contribution in [3.8, 4) is 0 Å². The largest absolute Gasteiger partial charge is 0.384 e. The van der Waals surface area contributed by atoms with Gasteiger partial charge in [-0.25, -0.2) is 0 Å². The van der Waals surface area contributed by atoms with Gasteiger partial charge in [-0.2, -0.15) is 0 Å². The molecule has 2 unspecified atom stereocenters. The molecular weight excluding hydrogens is 304 g/mol. The molecule has 1 heterocycles. The van der Waals surface area contributed by atoms with Gasteiger partial charge >= 0.3 is 0 Å². The van der Waals surface area contributed by atoms with E-state index in [4.69, 9.17) is 9.47 Å². The zero-order valence-electron chi connectivity index (χ0n) is 14.5. The molecule has 1 aliphatic heterocycles.